The summed E-state index contributed by atoms with van der Waals surface area (Å²) in [7, 11) is 0. The number of anilines is 1. The summed E-state index contributed by atoms with van der Waals surface area (Å²) in [6.45, 7) is 2.15. The lowest BCUT2D eigenvalue weighted by Gasteiger charge is -2.44. The lowest BCUT2D eigenvalue weighted by molar-refractivity contribution is 0.109. The summed E-state index contributed by atoms with van der Waals surface area (Å²) < 4.78 is 5.51. The number of carbonyl (C=O) groups excluding carboxylic acids is 1. The Bertz CT molecular complexity index is 408. The second-order valence-corrected chi connectivity index (χ2v) is 5.84. The van der Waals surface area contributed by atoms with Gasteiger partial charge in [-0.1, -0.05) is 19.3 Å². The van der Waals surface area contributed by atoms with E-state index in [9.17, 15) is 4.79 Å². The largest absolute Gasteiger partial charge is 0.438 e. The van der Waals surface area contributed by atoms with Crippen molar-refractivity contribution in [3.05, 3.63) is 17.9 Å². The fourth-order valence-corrected chi connectivity index (χ4v) is 3.58. The molecule has 0 bridgehead atoms. The molecule has 1 spiro atoms. The van der Waals surface area contributed by atoms with E-state index < -0.39 is 0 Å². The molecule has 0 amide bonds. The molecule has 2 heterocycles. The van der Waals surface area contributed by atoms with Gasteiger partial charge in [-0.2, -0.15) is 0 Å². The van der Waals surface area contributed by atoms with Gasteiger partial charge in [-0.3, -0.25) is 4.79 Å². The molecule has 0 radical (unpaired) electrons. The van der Waals surface area contributed by atoms with Gasteiger partial charge in [-0.05, 0) is 37.2 Å². The highest BCUT2D eigenvalue weighted by molar-refractivity contribution is 5.71. The van der Waals surface area contributed by atoms with Gasteiger partial charge in [0.1, 0.15) is 0 Å². The number of furan rings is 1. The Morgan fingerprint density at radius 1 is 1.06 bits per heavy atom. The number of nitrogens with zero attached hydrogens (tertiary/aromatic N) is 1. The smallest absolute Gasteiger partial charge is 0.196 e. The van der Waals surface area contributed by atoms with Crippen LogP contribution in [0.4, 0.5) is 5.88 Å². The van der Waals surface area contributed by atoms with E-state index in [1.54, 1.807) is 6.07 Å². The summed E-state index contributed by atoms with van der Waals surface area (Å²) in [5.74, 6) is 1.30. The summed E-state index contributed by atoms with van der Waals surface area (Å²) in [5, 5.41) is 0. The molecule has 0 atom stereocenters. The van der Waals surface area contributed by atoms with E-state index >= 15 is 0 Å². The molecule has 1 aromatic heterocycles. The SMILES string of the molecule is O=Cc1ccc(N2CCC3(CCCCC3)CC2)o1. The van der Waals surface area contributed by atoms with E-state index in [0.717, 1.165) is 25.3 Å². The van der Waals surface area contributed by atoms with Gasteiger partial charge >= 0.3 is 0 Å². The van der Waals surface area contributed by atoms with E-state index in [1.807, 2.05) is 6.07 Å². The van der Waals surface area contributed by atoms with Crippen LogP contribution >= 0.6 is 0 Å². The number of hydrogen-bond acceptors (Lipinski definition) is 3. The van der Waals surface area contributed by atoms with Crippen LogP contribution in [0.25, 0.3) is 0 Å². The second kappa shape index (κ2) is 4.79. The Hall–Kier alpha value is -1.25. The summed E-state index contributed by atoms with van der Waals surface area (Å²) in [4.78, 5) is 12.9. The normalized spacial score (nSPS) is 23.2. The number of piperidine rings is 1. The van der Waals surface area contributed by atoms with Crippen LogP contribution in [0.15, 0.2) is 16.5 Å². The van der Waals surface area contributed by atoms with Crippen molar-refractivity contribution in [2.45, 2.75) is 44.9 Å². The first-order valence-corrected chi connectivity index (χ1v) is 7.11. The summed E-state index contributed by atoms with van der Waals surface area (Å²) >= 11 is 0. The highest BCUT2D eigenvalue weighted by Crippen LogP contribution is 2.45. The quantitative estimate of drug-likeness (QED) is 0.748. The zero-order valence-electron chi connectivity index (χ0n) is 10.9. The maximum Gasteiger partial charge on any atom is 0.196 e. The Labute approximate surface area is 108 Å². The van der Waals surface area contributed by atoms with Crippen molar-refractivity contribution in [2.75, 3.05) is 18.0 Å². The Kier molecular flexibility index (Phi) is 3.14. The molecule has 18 heavy (non-hydrogen) atoms. The molecule has 0 N–H and O–H groups in total. The second-order valence-electron chi connectivity index (χ2n) is 5.84. The summed E-state index contributed by atoms with van der Waals surface area (Å²) in [6.07, 6.45) is 10.4. The average molecular weight is 247 g/mol. The zero-order valence-corrected chi connectivity index (χ0v) is 10.9. The van der Waals surface area contributed by atoms with E-state index in [4.69, 9.17) is 4.42 Å². The predicted octanol–water partition coefficient (Wildman–Crippen LogP) is 3.64. The molecule has 0 unspecified atom stereocenters. The predicted molar refractivity (Wildman–Crippen MR) is 71.1 cm³/mol. The Balaban J connectivity index is 1.64. The Morgan fingerprint density at radius 3 is 2.39 bits per heavy atom. The highest BCUT2D eigenvalue weighted by atomic mass is 16.4. The number of hydrogen-bond donors (Lipinski definition) is 0. The molecule has 3 heteroatoms. The molecule has 0 aromatic carbocycles. The van der Waals surface area contributed by atoms with E-state index in [2.05, 4.69) is 4.90 Å². The van der Waals surface area contributed by atoms with Crippen LogP contribution in [0.2, 0.25) is 0 Å². The number of aldehydes is 1. The molecule has 2 aliphatic rings. The molecular formula is C15H21NO2. The van der Waals surface area contributed by atoms with Crippen LogP contribution in [-0.2, 0) is 0 Å². The standard InChI is InChI=1S/C15H21NO2/c17-12-13-4-5-14(18-13)16-10-8-15(9-11-16)6-2-1-3-7-15/h4-5,12H,1-3,6-11H2. The first-order chi connectivity index (χ1) is 8.81. The van der Waals surface area contributed by atoms with Crippen molar-refractivity contribution in [3.8, 4) is 0 Å². The minimum atomic E-state index is 0.433. The lowest BCUT2D eigenvalue weighted by Crippen LogP contribution is -2.41. The maximum atomic E-state index is 10.6. The highest BCUT2D eigenvalue weighted by Gasteiger charge is 2.35. The molecule has 1 aromatic rings. The van der Waals surface area contributed by atoms with Crippen molar-refractivity contribution in [1.29, 1.82) is 0 Å². The van der Waals surface area contributed by atoms with Crippen molar-refractivity contribution in [1.82, 2.24) is 0 Å². The van der Waals surface area contributed by atoms with Crippen LogP contribution in [0.1, 0.15) is 55.5 Å². The van der Waals surface area contributed by atoms with Crippen LogP contribution in [0.3, 0.4) is 0 Å². The molecule has 1 saturated heterocycles. The van der Waals surface area contributed by atoms with Gasteiger partial charge in [0.2, 0.25) is 0 Å². The van der Waals surface area contributed by atoms with Crippen LogP contribution < -0.4 is 4.90 Å². The molecule has 1 aliphatic heterocycles. The topological polar surface area (TPSA) is 33.5 Å². The number of carbonyl (C=O) groups is 1. The van der Waals surface area contributed by atoms with Crippen LogP contribution in [0, 0.1) is 5.41 Å². The Morgan fingerprint density at radius 2 is 1.78 bits per heavy atom. The fourth-order valence-electron chi connectivity index (χ4n) is 3.58. The van der Waals surface area contributed by atoms with E-state index in [-0.39, 0.29) is 0 Å². The molecule has 1 saturated carbocycles. The fraction of sp³-hybridized carbons (Fsp3) is 0.667. The van der Waals surface area contributed by atoms with Crippen LogP contribution in [-0.4, -0.2) is 19.4 Å². The third-order valence-electron chi connectivity index (χ3n) is 4.78. The monoisotopic (exact) mass is 247 g/mol. The molecule has 98 valence electrons. The van der Waals surface area contributed by atoms with Crippen molar-refractivity contribution in [2.24, 2.45) is 5.41 Å². The summed E-state index contributed by atoms with van der Waals surface area (Å²) in [5.41, 5.74) is 0.620. The average Bonchev–Trinajstić information content (AvgIpc) is 2.89. The third kappa shape index (κ3) is 2.18. The lowest BCUT2D eigenvalue weighted by atomic mass is 9.68. The number of rotatable bonds is 2. The van der Waals surface area contributed by atoms with Crippen molar-refractivity contribution >= 4 is 12.2 Å². The minimum absolute atomic E-state index is 0.433. The van der Waals surface area contributed by atoms with Crippen LogP contribution in [0.5, 0.6) is 0 Å². The molecule has 1 aliphatic carbocycles. The zero-order chi connectivity index (χ0) is 12.4. The summed E-state index contributed by atoms with van der Waals surface area (Å²) in [6, 6.07) is 3.68. The maximum absolute atomic E-state index is 10.6. The first kappa shape index (κ1) is 11.8. The third-order valence-corrected chi connectivity index (χ3v) is 4.78. The van der Waals surface area contributed by atoms with Gasteiger partial charge in [0.15, 0.2) is 17.9 Å². The van der Waals surface area contributed by atoms with Gasteiger partial charge in [0.05, 0.1) is 0 Å². The van der Waals surface area contributed by atoms with Crippen molar-refractivity contribution < 1.29 is 9.21 Å². The molecule has 3 rings (SSSR count). The van der Waals surface area contributed by atoms with Gasteiger partial charge in [-0.15, -0.1) is 0 Å². The van der Waals surface area contributed by atoms with Gasteiger partial charge < -0.3 is 9.32 Å². The molecule has 3 nitrogen and oxygen atoms in total. The van der Waals surface area contributed by atoms with E-state index in [1.165, 1.54) is 44.9 Å². The minimum Gasteiger partial charge on any atom is -0.438 e. The van der Waals surface area contributed by atoms with E-state index in [0.29, 0.717) is 11.2 Å². The van der Waals surface area contributed by atoms with Gasteiger partial charge in [0.25, 0.3) is 0 Å². The van der Waals surface area contributed by atoms with Crippen molar-refractivity contribution in [3.63, 3.8) is 0 Å². The first-order valence-electron chi connectivity index (χ1n) is 7.11. The van der Waals surface area contributed by atoms with Gasteiger partial charge in [0, 0.05) is 19.2 Å². The van der Waals surface area contributed by atoms with Gasteiger partial charge in [-0.25, -0.2) is 0 Å². The molecule has 2 fully saturated rings. The molecular weight excluding hydrogens is 226 g/mol.